The topological polar surface area (TPSA) is 38.5 Å². The van der Waals surface area contributed by atoms with Crippen LogP contribution in [0.25, 0.3) is 0 Å². The van der Waals surface area contributed by atoms with E-state index in [0.717, 1.165) is 6.61 Å². The van der Waals surface area contributed by atoms with Gasteiger partial charge in [-0.25, -0.2) is 0 Å². The number of likely N-dealkylation sites (N-methyl/N-ethyl adjacent to an activating group) is 1. The molecule has 1 aliphatic rings. The van der Waals surface area contributed by atoms with Crippen molar-refractivity contribution in [1.82, 2.24) is 4.90 Å². The van der Waals surface area contributed by atoms with Crippen molar-refractivity contribution >= 4 is 11.8 Å². The number of rotatable bonds is 5. The number of thioether (sulfide) groups is 1. The molecule has 0 saturated carbocycles. The first-order chi connectivity index (χ1) is 6.29. The molecule has 0 aromatic heterocycles. The Morgan fingerprint density at radius 1 is 1.69 bits per heavy atom. The molecule has 0 aromatic carbocycles. The van der Waals surface area contributed by atoms with Crippen molar-refractivity contribution in [3.8, 4) is 0 Å². The van der Waals surface area contributed by atoms with Gasteiger partial charge in [0.1, 0.15) is 0 Å². The lowest BCUT2D eigenvalue weighted by atomic mass is 10.2. The third kappa shape index (κ3) is 3.13. The first kappa shape index (κ1) is 11.3. The Kier molecular flexibility index (Phi) is 5.09. The molecule has 4 heteroatoms. The molecule has 0 radical (unpaired) electrons. The van der Waals surface area contributed by atoms with Gasteiger partial charge in [-0.05, 0) is 19.2 Å². The summed E-state index contributed by atoms with van der Waals surface area (Å²) < 4.78 is 5.15. The van der Waals surface area contributed by atoms with Gasteiger partial charge < -0.3 is 10.5 Å². The van der Waals surface area contributed by atoms with Gasteiger partial charge in [-0.15, -0.1) is 0 Å². The predicted molar refractivity (Wildman–Crippen MR) is 58.2 cm³/mol. The highest BCUT2D eigenvalue weighted by atomic mass is 32.2. The van der Waals surface area contributed by atoms with Crippen LogP contribution < -0.4 is 5.73 Å². The second-order valence-electron chi connectivity index (χ2n) is 3.53. The Hall–Kier alpha value is 0.230. The highest BCUT2D eigenvalue weighted by molar-refractivity contribution is 7.99. The van der Waals surface area contributed by atoms with Crippen LogP contribution in [-0.2, 0) is 4.74 Å². The lowest BCUT2D eigenvalue weighted by Crippen LogP contribution is -2.46. The zero-order valence-corrected chi connectivity index (χ0v) is 9.35. The van der Waals surface area contributed by atoms with Crippen molar-refractivity contribution in [2.45, 2.75) is 18.5 Å². The predicted octanol–water partition coefficient (Wildman–Crippen LogP) is 0.397. The summed E-state index contributed by atoms with van der Waals surface area (Å²) in [4.78, 5) is 2.38. The van der Waals surface area contributed by atoms with E-state index in [1.54, 1.807) is 7.11 Å². The standard InChI is InChI=1S/C9H20N2OS/c1-11(8-3-4-13-7-8)9(5-10)6-12-2/h8-9H,3-7,10H2,1-2H3. The lowest BCUT2D eigenvalue weighted by Gasteiger charge is -2.31. The van der Waals surface area contributed by atoms with E-state index in [-0.39, 0.29) is 0 Å². The van der Waals surface area contributed by atoms with Gasteiger partial charge in [0.05, 0.1) is 6.61 Å². The summed E-state index contributed by atoms with van der Waals surface area (Å²) in [5.74, 6) is 2.54. The van der Waals surface area contributed by atoms with Gasteiger partial charge in [0.15, 0.2) is 0 Å². The fourth-order valence-corrected chi connectivity index (χ4v) is 2.96. The summed E-state index contributed by atoms with van der Waals surface area (Å²) in [6.45, 7) is 1.43. The Morgan fingerprint density at radius 3 is 2.92 bits per heavy atom. The van der Waals surface area contributed by atoms with E-state index in [9.17, 15) is 0 Å². The van der Waals surface area contributed by atoms with Gasteiger partial charge in [-0.1, -0.05) is 0 Å². The molecular formula is C9H20N2OS. The number of nitrogens with zero attached hydrogens (tertiary/aromatic N) is 1. The van der Waals surface area contributed by atoms with Crippen molar-refractivity contribution in [3.05, 3.63) is 0 Å². The van der Waals surface area contributed by atoms with Crippen molar-refractivity contribution in [3.63, 3.8) is 0 Å². The molecule has 13 heavy (non-hydrogen) atoms. The molecule has 2 N–H and O–H groups in total. The molecule has 2 atom stereocenters. The minimum atomic E-state index is 0.383. The van der Waals surface area contributed by atoms with E-state index in [1.807, 2.05) is 11.8 Å². The molecule has 78 valence electrons. The summed E-state index contributed by atoms with van der Waals surface area (Å²) in [5, 5.41) is 0. The maximum atomic E-state index is 5.70. The highest BCUT2D eigenvalue weighted by Gasteiger charge is 2.24. The van der Waals surface area contributed by atoms with Crippen molar-refractivity contribution in [2.75, 3.05) is 38.8 Å². The van der Waals surface area contributed by atoms with Crippen LogP contribution in [0.2, 0.25) is 0 Å². The first-order valence-electron chi connectivity index (χ1n) is 4.78. The fraction of sp³-hybridized carbons (Fsp3) is 1.00. The molecule has 0 aliphatic carbocycles. The van der Waals surface area contributed by atoms with Crippen LogP contribution in [0.15, 0.2) is 0 Å². The van der Waals surface area contributed by atoms with E-state index >= 15 is 0 Å². The molecule has 1 heterocycles. The van der Waals surface area contributed by atoms with E-state index in [0.29, 0.717) is 18.6 Å². The quantitative estimate of drug-likeness (QED) is 0.703. The summed E-state index contributed by atoms with van der Waals surface area (Å²) in [6, 6.07) is 1.09. The second kappa shape index (κ2) is 5.86. The van der Waals surface area contributed by atoms with Gasteiger partial charge in [0.25, 0.3) is 0 Å². The average molecular weight is 204 g/mol. The molecule has 1 rings (SSSR count). The zero-order chi connectivity index (χ0) is 9.68. The van der Waals surface area contributed by atoms with E-state index in [4.69, 9.17) is 10.5 Å². The van der Waals surface area contributed by atoms with Gasteiger partial charge in [-0.2, -0.15) is 11.8 Å². The van der Waals surface area contributed by atoms with E-state index < -0.39 is 0 Å². The van der Waals surface area contributed by atoms with Crippen LogP contribution >= 0.6 is 11.8 Å². The monoisotopic (exact) mass is 204 g/mol. The maximum Gasteiger partial charge on any atom is 0.0630 e. The van der Waals surface area contributed by atoms with Crippen LogP contribution in [0.4, 0.5) is 0 Å². The van der Waals surface area contributed by atoms with Crippen LogP contribution in [0.1, 0.15) is 6.42 Å². The Bertz CT molecular complexity index is 140. The SMILES string of the molecule is COCC(CN)N(C)C1CCSC1. The summed E-state index contributed by atoms with van der Waals surface area (Å²) in [5.41, 5.74) is 5.70. The summed E-state index contributed by atoms with van der Waals surface area (Å²) in [6.07, 6.45) is 1.29. The molecule has 0 bridgehead atoms. The molecule has 3 nitrogen and oxygen atoms in total. The molecule has 1 saturated heterocycles. The normalized spacial score (nSPS) is 25.4. The lowest BCUT2D eigenvalue weighted by molar-refractivity contribution is 0.0904. The third-order valence-electron chi connectivity index (χ3n) is 2.69. The first-order valence-corrected chi connectivity index (χ1v) is 5.93. The maximum absolute atomic E-state index is 5.70. The molecule has 0 amide bonds. The highest BCUT2D eigenvalue weighted by Crippen LogP contribution is 2.22. The number of methoxy groups -OCH3 is 1. The Labute approximate surface area is 85.0 Å². The summed E-state index contributed by atoms with van der Waals surface area (Å²) in [7, 11) is 3.90. The second-order valence-corrected chi connectivity index (χ2v) is 4.68. The van der Waals surface area contributed by atoms with Gasteiger partial charge in [-0.3, -0.25) is 4.90 Å². The number of hydrogen-bond donors (Lipinski definition) is 1. The van der Waals surface area contributed by atoms with Gasteiger partial charge in [0, 0.05) is 31.5 Å². The minimum absolute atomic E-state index is 0.383. The van der Waals surface area contributed by atoms with E-state index in [1.165, 1.54) is 17.9 Å². The van der Waals surface area contributed by atoms with Crippen LogP contribution in [0.3, 0.4) is 0 Å². The minimum Gasteiger partial charge on any atom is -0.383 e. The van der Waals surface area contributed by atoms with Gasteiger partial charge in [0.2, 0.25) is 0 Å². The molecule has 1 fully saturated rings. The Balaban J connectivity index is 2.37. The molecule has 2 unspecified atom stereocenters. The number of nitrogens with two attached hydrogens (primary N) is 1. The van der Waals surface area contributed by atoms with Crippen molar-refractivity contribution in [1.29, 1.82) is 0 Å². The van der Waals surface area contributed by atoms with Crippen LogP contribution in [0.5, 0.6) is 0 Å². The zero-order valence-electron chi connectivity index (χ0n) is 8.53. The number of ether oxygens (including phenoxy) is 1. The van der Waals surface area contributed by atoms with Crippen LogP contribution in [-0.4, -0.2) is 55.8 Å². The van der Waals surface area contributed by atoms with Crippen LogP contribution in [0, 0.1) is 0 Å². The molecule has 1 aliphatic heterocycles. The summed E-state index contributed by atoms with van der Waals surface area (Å²) >= 11 is 2.03. The largest absolute Gasteiger partial charge is 0.383 e. The smallest absolute Gasteiger partial charge is 0.0630 e. The van der Waals surface area contributed by atoms with Crippen molar-refractivity contribution < 1.29 is 4.74 Å². The average Bonchev–Trinajstić information content (AvgIpc) is 2.65. The third-order valence-corrected chi connectivity index (χ3v) is 3.83. The van der Waals surface area contributed by atoms with Crippen molar-refractivity contribution in [2.24, 2.45) is 5.73 Å². The Morgan fingerprint density at radius 2 is 2.46 bits per heavy atom. The fourth-order valence-electron chi connectivity index (χ4n) is 1.69. The number of hydrogen-bond acceptors (Lipinski definition) is 4. The molecule has 0 aromatic rings. The molecular weight excluding hydrogens is 184 g/mol. The molecule has 0 spiro atoms. The van der Waals surface area contributed by atoms with E-state index in [2.05, 4.69) is 11.9 Å². The van der Waals surface area contributed by atoms with Gasteiger partial charge >= 0.3 is 0 Å².